The Morgan fingerprint density at radius 3 is 2.62 bits per heavy atom. The third-order valence-electron chi connectivity index (χ3n) is 6.98. The van der Waals surface area contributed by atoms with Crippen molar-refractivity contribution in [3.63, 3.8) is 0 Å². The summed E-state index contributed by atoms with van der Waals surface area (Å²) in [7, 11) is 0. The monoisotopic (exact) mass is 517 g/mol. The van der Waals surface area contributed by atoms with E-state index in [1.165, 1.54) is 0 Å². The zero-order valence-electron chi connectivity index (χ0n) is 21.3. The second-order valence-corrected chi connectivity index (χ2v) is 9.97. The number of nitrogens with one attached hydrogen (secondary N) is 2. The molecule has 0 radical (unpaired) electrons. The van der Waals surface area contributed by atoms with E-state index in [4.69, 9.17) is 20.4 Å². The highest BCUT2D eigenvalue weighted by Crippen LogP contribution is 2.31. The van der Waals surface area contributed by atoms with Crippen molar-refractivity contribution in [3.05, 3.63) is 86.5 Å². The third kappa shape index (κ3) is 4.79. The molecule has 0 unspecified atom stereocenters. The van der Waals surface area contributed by atoms with Crippen LogP contribution in [0.5, 0.6) is 0 Å². The topological polar surface area (TPSA) is 96.8 Å². The van der Waals surface area contributed by atoms with Gasteiger partial charge in [0, 0.05) is 39.2 Å². The molecule has 5 rings (SSSR count). The van der Waals surface area contributed by atoms with Crippen LogP contribution < -0.4 is 10.7 Å². The number of hydrogen-bond acceptors (Lipinski definition) is 5. The first-order valence-electron chi connectivity index (χ1n) is 12.2. The Bertz CT molecular complexity index is 1580. The number of carbonyl (C=O) groups is 2. The molecular formula is C29H28ClN3O4. The SMILES string of the molecule is Cc1cc(Cl)ccc1NC(=O)c1oc2c(c1C)/C(=N/NC(=O)Cc1coc3c(C)c(C)ccc13)CCC2. The van der Waals surface area contributed by atoms with Crippen LogP contribution in [0.4, 0.5) is 5.69 Å². The number of anilines is 1. The average molecular weight is 518 g/mol. The average Bonchev–Trinajstić information content (AvgIpc) is 3.43. The summed E-state index contributed by atoms with van der Waals surface area (Å²) in [6.07, 6.45) is 3.99. The predicted octanol–water partition coefficient (Wildman–Crippen LogP) is 6.56. The maximum atomic E-state index is 13.0. The number of aryl methyl sites for hydroxylation is 4. The van der Waals surface area contributed by atoms with Crippen molar-refractivity contribution in [1.82, 2.24) is 5.43 Å². The standard InChI is InChI=1S/C29H28ClN3O4/c1-15-8-10-21-19(14-36-27(21)17(15)3)13-25(34)33-32-23-6-5-7-24-26(23)18(4)28(37-24)29(35)31-22-11-9-20(30)12-16(22)2/h8-12,14H,5-7,13H2,1-4H3,(H,31,35)(H,33,34)/b32-23+. The maximum absolute atomic E-state index is 13.0. The zero-order chi connectivity index (χ0) is 26.3. The van der Waals surface area contributed by atoms with Gasteiger partial charge in [0.05, 0.1) is 18.4 Å². The molecule has 2 aromatic carbocycles. The molecule has 0 spiro atoms. The fraction of sp³-hybridized carbons (Fsp3) is 0.276. The molecule has 2 aromatic heterocycles. The van der Waals surface area contributed by atoms with Gasteiger partial charge in [-0.15, -0.1) is 0 Å². The van der Waals surface area contributed by atoms with Gasteiger partial charge in [0.1, 0.15) is 11.3 Å². The molecule has 37 heavy (non-hydrogen) atoms. The van der Waals surface area contributed by atoms with Crippen LogP contribution in [0.3, 0.4) is 0 Å². The largest absolute Gasteiger partial charge is 0.464 e. The van der Waals surface area contributed by atoms with Crippen LogP contribution in [-0.2, 0) is 17.6 Å². The number of halogens is 1. The Morgan fingerprint density at radius 2 is 1.84 bits per heavy atom. The van der Waals surface area contributed by atoms with E-state index in [9.17, 15) is 9.59 Å². The number of nitrogens with zero attached hydrogens (tertiary/aromatic N) is 1. The number of furan rings is 2. The Hall–Kier alpha value is -3.84. The van der Waals surface area contributed by atoms with Crippen molar-refractivity contribution < 1.29 is 18.4 Å². The molecule has 8 heteroatoms. The summed E-state index contributed by atoms with van der Waals surface area (Å²) in [5, 5.41) is 8.88. The Kier molecular flexibility index (Phi) is 6.65. The van der Waals surface area contributed by atoms with E-state index in [0.29, 0.717) is 40.6 Å². The van der Waals surface area contributed by atoms with Crippen molar-refractivity contribution in [2.24, 2.45) is 5.10 Å². The van der Waals surface area contributed by atoms with Gasteiger partial charge in [0.25, 0.3) is 5.91 Å². The third-order valence-corrected chi connectivity index (χ3v) is 7.21. The van der Waals surface area contributed by atoms with Crippen LogP contribution in [0.1, 0.15) is 62.5 Å². The number of hydrogen-bond donors (Lipinski definition) is 2. The van der Waals surface area contributed by atoms with Gasteiger partial charge in [-0.05, 0) is 75.4 Å². The van der Waals surface area contributed by atoms with Crippen LogP contribution in [0.25, 0.3) is 11.0 Å². The number of benzene rings is 2. The van der Waals surface area contributed by atoms with E-state index >= 15 is 0 Å². The number of rotatable bonds is 5. The molecule has 2 N–H and O–H groups in total. The Morgan fingerprint density at radius 1 is 1.03 bits per heavy atom. The molecule has 0 atom stereocenters. The summed E-state index contributed by atoms with van der Waals surface area (Å²) in [4.78, 5) is 25.8. The van der Waals surface area contributed by atoms with Gasteiger partial charge in [-0.25, -0.2) is 5.43 Å². The molecule has 0 bridgehead atoms. The second kappa shape index (κ2) is 9.90. The molecule has 2 heterocycles. The minimum absolute atomic E-state index is 0.150. The Balaban J connectivity index is 1.33. The van der Waals surface area contributed by atoms with E-state index in [2.05, 4.69) is 15.8 Å². The lowest BCUT2D eigenvalue weighted by atomic mass is 9.93. The van der Waals surface area contributed by atoms with Gasteiger partial charge in [0.15, 0.2) is 5.76 Å². The first-order valence-corrected chi connectivity index (χ1v) is 12.6. The second-order valence-electron chi connectivity index (χ2n) is 9.54. The van der Waals surface area contributed by atoms with E-state index in [0.717, 1.165) is 45.2 Å². The highest BCUT2D eigenvalue weighted by Gasteiger charge is 2.28. The Labute approximate surface area is 219 Å². The van der Waals surface area contributed by atoms with Crippen LogP contribution >= 0.6 is 11.6 Å². The van der Waals surface area contributed by atoms with E-state index in [1.807, 2.05) is 39.8 Å². The van der Waals surface area contributed by atoms with E-state index in [1.54, 1.807) is 24.5 Å². The van der Waals surface area contributed by atoms with Gasteiger partial charge in [-0.2, -0.15) is 5.10 Å². The van der Waals surface area contributed by atoms with Gasteiger partial charge in [0.2, 0.25) is 5.91 Å². The molecule has 7 nitrogen and oxygen atoms in total. The van der Waals surface area contributed by atoms with Crippen molar-refractivity contribution in [2.45, 2.75) is 53.4 Å². The molecule has 0 saturated heterocycles. The number of hydrazone groups is 1. The van der Waals surface area contributed by atoms with Gasteiger partial charge < -0.3 is 14.2 Å². The summed E-state index contributed by atoms with van der Waals surface area (Å²) >= 11 is 6.03. The first kappa shape index (κ1) is 24.8. The quantitative estimate of drug-likeness (QED) is 0.293. The van der Waals surface area contributed by atoms with Gasteiger partial charge >= 0.3 is 0 Å². The van der Waals surface area contributed by atoms with Gasteiger partial charge in [-0.1, -0.05) is 23.7 Å². The maximum Gasteiger partial charge on any atom is 0.291 e. The van der Waals surface area contributed by atoms with Crippen molar-refractivity contribution in [2.75, 3.05) is 5.32 Å². The van der Waals surface area contributed by atoms with Crippen LogP contribution in [0.15, 0.2) is 50.5 Å². The molecular weight excluding hydrogens is 490 g/mol. The van der Waals surface area contributed by atoms with Crippen molar-refractivity contribution >= 4 is 45.8 Å². The van der Waals surface area contributed by atoms with Crippen molar-refractivity contribution in [3.8, 4) is 0 Å². The lowest BCUT2D eigenvalue weighted by molar-refractivity contribution is -0.120. The summed E-state index contributed by atoms with van der Waals surface area (Å²) < 4.78 is 11.7. The minimum Gasteiger partial charge on any atom is -0.464 e. The zero-order valence-corrected chi connectivity index (χ0v) is 22.0. The minimum atomic E-state index is -0.335. The lowest BCUT2D eigenvalue weighted by Crippen LogP contribution is -2.23. The first-order chi connectivity index (χ1) is 17.7. The van der Waals surface area contributed by atoms with Crippen LogP contribution in [0, 0.1) is 27.7 Å². The molecule has 4 aromatic rings. The van der Waals surface area contributed by atoms with Crippen LogP contribution in [0.2, 0.25) is 5.02 Å². The smallest absolute Gasteiger partial charge is 0.291 e. The van der Waals surface area contributed by atoms with Crippen molar-refractivity contribution in [1.29, 1.82) is 0 Å². The van der Waals surface area contributed by atoms with Crippen LogP contribution in [-0.4, -0.2) is 17.5 Å². The highest BCUT2D eigenvalue weighted by molar-refractivity contribution is 6.30. The summed E-state index contributed by atoms with van der Waals surface area (Å²) in [6, 6.07) is 9.30. The highest BCUT2D eigenvalue weighted by atomic mass is 35.5. The molecule has 1 aliphatic carbocycles. The van der Waals surface area contributed by atoms with E-state index in [-0.39, 0.29) is 24.0 Å². The molecule has 0 saturated carbocycles. The fourth-order valence-electron chi connectivity index (χ4n) is 4.81. The molecule has 2 amide bonds. The van der Waals surface area contributed by atoms with Gasteiger partial charge in [-0.3, -0.25) is 9.59 Å². The predicted molar refractivity (Wildman–Crippen MR) is 145 cm³/mol. The lowest BCUT2D eigenvalue weighted by Gasteiger charge is -2.13. The summed E-state index contributed by atoms with van der Waals surface area (Å²) in [5.41, 5.74) is 10.3. The molecule has 0 aliphatic heterocycles. The normalized spacial score (nSPS) is 14.1. The number of fused-ring (bicyclic) bond motifs is 2. The number of carbonyl (C=O) groups excluding carboxylic acids is 2. The van der Waals surface area contributed by atoms with E-state index < -0.39 is 0 Å². The summed E-state index contributed by atoms with van der Waals surface area (Å²) in [5.74, 6) is 0.383. The molecule has 0 fully saturated rings. The molecule has 190 valence electrons. The summed E-state index contributed by atoms with van der Waals surface area (Å²) in [6.45, 7) is 7.76. The number of amides is 2. The fourth-order valence-corrected chi connectivity index (χ4v) is 5.04. The molecule has 1 aliphatic rings.